The van der Waals surface area contributed by atoms with Gasteiger partial charge >= 0.3 is 0 Å². The predicted octanol–water partition coefficient (Wildman–Crippen LogP) is 3.56. The molecule has 5 heteroatoms. The van der Waals surface area contributed by atoms with Crippen LogP contribution in [0.15, 0.2) is 36.4 Å². The lowest BCUT2D eigenvalue weighted by atomic mass is 9.97. The average molecular weight is 318 g/mol. The molecule has 114 valence electrons. The van der Waals surface area contributed by atoms with Crippen LogP contribution in [0.4, 0.5) is 5.69 Å². The van der Waals surface area contributed by atoms with Gasteiger partial charge < -0.3 is 14.4 Å². The lowest BCUT2D eigenvalue weighted by molar-refractivity contribution is 0.0980. The Hall–Kier alpha value is -2.20. The standard InChI is InChI=1S/C17H16ClNO3/c1-21-15-8-11-6-7-19(13-5-3-4-12(18)9-13)17(20)14(11)10-16(15)22-2/h3-5,8-10H,6-7H2,1-2H3. The number of fused-ring (bicyclic) bond motifs is 1. The third kappa shape index (κ3) is 2.50. The average Bonchev–Trinajstić information content (AvgIpc) is 2.54. The Morgan fingerprint density at radius 1 is 1.09 bits per heavy atom. The van der Waals surface area contributed by atoms with E-state index in [0.29, 0.717) is 28.6 Å². The summed E-state index contributed by atoms with van der Waals surface area (Å²) >= 11 is 6.02. The van der Waals surface area contributed by atoms with Crippen LogP contribution < -0.4 is 14.4 Å². The second-order valence-corrected chi connectivity index (χ2v) is 5.49. The molecule has 0 saturated heterocycles. The molecule has 0 N–H and O–H groups in total. The minimum Gasteiger partial charge on any atom is -0.493 e. The van der Waals surface area contributed by atoms with Crippen LogP contribution in [0.5, 0.6) is 11.5 Å². The number of rotatable bonds is 3. The van der Waals surface area contributed by atoms with Gasteiger partial charge in [0, 0.05) is 22.8 Å². The summed E-state index contributed by atoms with van der Waals surface area (Å²) in [4.78, 5) is 14.5. The quantitative estimate of drug-likeness (QED) is 0.869. The number of carbonyl (C=O) groups is 1. The van der Waals surface area contributed by atoms with Gasteiger partial charge in [0.25, 0.3) is 5.91 Å². The van der Waals surface area contributed by atoms with E-state index in [2.05, 4.69) is 0 Å². The largest absolute Gasteiger partial charge is 0.493 e. The monoisotopic (exact) mass is 317 g/mol. The van der Waals surface area contributed by atoms with Gasteiger partial charge in [-0.25, -0.2) is 0 Å². The third-order valence-electron chi connectivity index (χ3n) is 3.81. The number of nitrogens with zero attached hydrogens (tertiary/aromatic N) is 1. The van der Waals surface area contributed by atoms with Crippen molar-refractivity contribution in [3.05, 3.63) is 52.5 Å². The highest BCUT2D eigenvalue weighted by Crippen LogP contribution is 2.34. The van der Waals surface area contributed by atoms with Crippen molar-refractivity contribution in [2.45, 2.75) is 6.42 Å². The maximum atomic E-state index is 12.8. The maximum absolute atomic E-state index is 12.8. The lowest BCUT2D eigenvalue weighted by Crippen LogP contribution is -2.37. The van der Waals surface area contributed by atoms with Crippen molar-refractivity contribution in [1.82, 2.24) is 0 Å². The number of hydrogen-bond donors (Lipinski definition) is 0. The normalized spacial score (nSPS) is 13.8. The molecule has 1 amide bonds. The summed E-state index contributed by atoms with van der Waals surface area (Å²) in [5.41, 5.74) is 2.42. The minimum absolute atomic E-state index is 0.0514. The van der Waals surface area contributed by atoms with Gasteiger partial charge in [-0.1, -0.05) is 17.7 Å². The van der Waals surface area contributed by atoms with E-state index in [4.69, 9.17) is 21.1 Å². The van der Waals surface area contributed by atoms with Crippen LogP contribution in [-0.4, -0.2) is 26.7 Å². The molecule has 1 heterocycles. The molecule has 1 aliphatic rings. The first kappa shape index (κ1) is 14.7. The van der Waals surface area contributed by atoms with E-state index in [0.717, 1.165) is 17.7 Å². The molecule has 0 spiro atoms. The fourth-order valence-electron chi connectivity index (χ4n) is 2.70. The lowest BCUT2D eigenvalue weighted by Gasteiger charge is -2.29. The number of amides is 1. The first-order chi connectivity index (χ1) is 10.6. The van der Waals surface area contributed by atoms with Gasteiger partial charge in [-0.15, -0.1) is 0 Å². The van der Waals surface area contributed by atoms with Crippen LogP contribution in [0.1, 0.15) is 15.9 Å². The summed E-state index contributed by atoms with van der Waals surface area (Å²) < 4.78 is 10.6. The van der Waals surface area contributed by atoms with E-state index in [1.807, 2.05) is 18.2 Å². The molecule has 22 heavy (non-hydrogen) atoms. The first-order valence-corrected chi connectivity index (χ1v) is 7.34. The number of methoxy groups -OCH3 is 2. The number of carbonyl (C=O) groups excluding carboxylic acids is 1. The summed E-state index contributed by atoms with van der Waals surface area (Å²) in [7, 11) is 3.15. The molecule has 4 nitrogen and oxygen atoms in total. The molecule has 0 atom stereocenters. The molecule has 0 aliphatic carbocycles. The summed E-state index contributed by atoms with van der Waals surface area (Å²) in [6.07, 6.45) is 0.758. The molecular weight excluding hydrogens is 302 g/mol. The predicted molar refractivity (Wildman–Crippen MR) is 86.4 cm³/mol. The van der Waals surface area contributed by atoms with Gasteiger partial charge in [0.1, 0.15) is 0 Å². The van der Waals surface area contributed by atoms with Gasteiger partial charge in [0.2, 0.25) is 0 Å². The zero-order chi connectivity index (χ0) is 15.7. The molecule has 0 bridgehead atoms. The molecule has 0 saturated carbocycles. The zero-order valence-electron chi connectivity index (χ0n) is 12.4. The first-order valence-electron chi connectivity index (χ1n) is 6.96. The fraction of sp³-hybridized carbons (Fsp3) is 0.235. The third-order valence-corrected chi connectivity index (χ3v) is 4.04. The Bertz CT molecular complexity index is 730. The summed E-state index contributed by atoms with van der Waals surface area (Å²) in [5.74, 6) is 1.15. The van der Waals surface area contributed by atoms with Crippen LogP contribution in [0.3, 0.4) is 0 Å². The van der Waals surface area contributed by atoms with E-state index in [1.165, 1.54) is 0 Å². The van der Waals surface area contributed by atoms with Crippen molar-refractivity contribution in [3.8, 4) is 11.5 Å². The molecule has 2 aromatic carbocycles. The SMILES string of the molecule is COc1cc2c(cc1OC)C(=O)N(c1cccc(Cl)c1)CC2. The highest BCUT2D eigenvalue weighted by molar-refractivity contribution is 6.31. The van der Waals surface area contributed by atoms with Crippen LogP contribution >= 0.6 is 11.6 Å². The topological polar surface area (TPSA) is 38.8 Å². The van der Waals surface area contributed by atoms with E-state index < -0.39 is 0 Å². The van der Waals surface area contributed by atoms with Crippen molar-refractivity contribution in [1.29, 1.82) is 0 Å². The highest BCUT2D eigenvalue weighted by atomic mass is 35.5. The molecule has 0 fully saturated rings. The number of halogens is 1. The number of benzene rings is 2. The Kier molecular flexibility index (Phi) is 3.94. The van der Waals surface area contributed by atoms with Crippen LogP contribution in [-0.2, 0) is 6.42 Å². The van der Waals surface area contributed by atoms with Crippen molar-refractivity contribution < 1.29 is 14.3 Å². The molecular formula is C17H16ClNO3. The molecule has 1 aliphatic heterocycles. The second kappa shape index (κ2) is 5.89. The Morgan fingerprint density at radius 2 is 1.82 bits per heavy atom. The van der Waals surface area contributed by atoms with Crippen molar-refractivity contribution >= 4 is 23.2 Å². The molecule has 0 unspecified atom stereocenters. The van der Waals surface area contributed by atoms with E-state index >= 15 is 0 Å². The zero-order valence-corrected chi connectivity index (χ0v) is 13.2. The van der Waals surface area contributed by atoms with Crippen LogP contribution in [0.25, 0.3) is 0 Å². The maximum Gasteiger partial charge on any atom is 0.258 e. The van der Waals surface area contributed by atoms with E-state index in [1.54, 1.807) is 37.3 Å². The number of anilines is 1. The number of ether oxygens (including phenoxy) is 2. The smallest absolute Gasteiger partial charge is 0.258 e. The van der Waals surface area contributed by atoms with E-state index in [-0.39, 0.29) is 5.91 Å². The summed E-state index contributed by atoms with van der Waals surface area (Å²) in [6, 6.07) is 10.9. The van der Waals surface area contributed by atoms with E-state index in [9.17, 15) is 4.79 Å². The Balaban J connectivity index is 2.02. The van der Waals surface area contributed by atoms with Gasteiger partial charge in [-0.2, -0.15) is 0 Å². The van der Waals surface area contributed by atoms with Crippen LogP contribution in [0, 0.1) is 0 Å². The summed E-state index contributed by atoms with van der Waals surface area (Å²) in [5, 5.41) is 0.614. The molecule has 0 radical (unpaired) electrons. The van der Waals surface area contributed by atoms with Crippen molar-refractivity contribution in [2.75, 3.05) is 25.7 Å². The van der Waals surface area contributed by atoms with Crippen molar-refractivity contribution in [3.63, 3.8) is 0 Å². The second-order valence-electron chi connectivity index (χ2n) is 5.05. The van der Waals surface area contributed by atoms with Gasteiger partial charge in [0.15, 0.2) is 11.5 Å². The minimum atomic E-state index is -0.0514. The number of hydrogen-bond acceptors (Lipinski definition) is 3. The van der Waals surface area contributed by atoms with Gasteiger partial charge in [-0.05, 0) is 42.3 Å². The Morgan fingerprint density at radius 3 is 2.50 bits per heavy atom. The van der Waals surface area contributed by atoms with Gasteiger partial charge in [-0.3, -0.25) is 4.79 Å². The highest BCUT2D eigenvalue weighted by Gasteiger charge is 2.27. The molecule has 3 rings (SSSR count). The fourth-order valence-corrected chi connectivity index (χ4v) is 2.88. The molecule has 0 aromatic heterocycles. The van der Waals surface area contributed by atoms with Crippen molar-refractivity contribution in [2.24, 2.45) is 0 Å². The van der Waals surface area contributed by atoms with Crippen LogP contribution in [0.2, 0.25) is 5.02 Å². The summed E-state index contributed by atoms with van der Waals surface area (Å²) in [6.45, 7) is 0.613. The van der Waals surface area contributed by atoms with Gasteiger partial charge in [0.05, 0.1) is 14.2 Å². The Labute approximate surface area is 134 Å². The molecule has 2 aromatic rings.